The fourth-order valence-electron chi connectivity index (χ4n) is 1.63. The topological polar surface area (TPSA) is 58.5 Å². The molecule has 0 bridgehead atoms. The number of nitrogens with zero attached hydrogens (tertiary/aromatic N) is 1. The highest BCUT2D eigenvalue weighted by Crippen LogP contribution is 2.09. The van der Waals surface area contributed by atoms with Gasteiger partial charge in [0.25, 0.3) is 10.0 Å². The van der Waals surface area contributed by atoms with Crippen LogP contribution in [0.4, 0.5) is 0 Å². The molecule has 5 heteroatoms. The second-order valence-corrected chi connectivity index (χ2v) is 6.12. The summed E-state index contributed by atoms with van der Waals surface area (Å²) in [5.41, 5.74) is 2.02. The summed E-state index contributed by atoms with van der Waals surface area (Å²) in [5.74, 6) is 0. The van der Waals surface area contributed by atoms with Crippen molar-refractivity contribution in [3.63, 3.8) is 0 Å². The summed E-state index contributed by atoms with van der Waals surface area (Å²) >= 11 is 0. The lowest BCUT2D eigenvalue weighted by Crippen LogP contribution is -2.17. The first-order chi connectivity index (χ1) is 10.1. The van der Waals surface area contributed by atoms with Gasteiger partial charge in [-0.3, -0.25) is 0 Å². The Balaban J connectivity index is 1.97. The van der Waals surface area contributed by atoms with E-state index in [2.05, 4.69) is 9.93 Å². The van der Waals surface area contributed by atoms with Gasteiger partial charge in [-0.05, 0) is 30.7 Å². The molecule has 0 saturated heterocycles. The summed E-state index contributed by atoms with van der Waals surface area (Å²) in [4.78, 5) is 2.36. The summed E-state index contributed by atoms with van der Waals surface area (Å²) in [6.45, 7) is 1.90. The first-order valence-corrected chi connectivity index (χ1v) is 7.89. The van der Waals surface area contributed by atoms with E-state index in [-0.39, 0.29) is 4.90 Å². The molecule has 2 aromatic carbocycles. The van der Waals surface area contributed by atoms with Gasteiger partial charge in [0.2, 0.25) is 0 Å². The number of hydrazone groups is 1. The number of benzene rings is 2. The molecular weight excluding hydrogens is 284 g/mol. The zero-order valence-electron chi connectivity index (χ0n) is 11.6. The van der Waals surface area contributed by atoms with Crippen molar-refractivity contribution in [1.82, 2.24) is 4.83 Å². The van der Waals surface area contributed by atoms with Crippen molar-refractivity contribution in [2.75, 3.05) is 0 Å². The zero-order chi connectivity index (χ0) is 15.1. The van der Waals surface area contributed by atoms with E-state index in [0.29, 0.717) is 0 Å². The number of aryl methyl sites for hydroxylation is 1. The largest absolute Gasteiger partial charge is 0.276 e. The lowest BCUT2D eigenvalue weighted by Gasteiger charge is -2.02. The maximum Gasteiger partial charge on any atom is 0.276 e. The molecule has 0 aliphatic carbocycles. The van der Waals surface area contributed by atoms with Gasteiger partial charge >= 0.3 is 0 Å². The lowest BCUT2D eigenvalue weighted by molar-refractivity contribution is 0.584. The molecule has 21 heavy (non-hydrogen) atoms. The molecule has 0 unspecified atom stereocenters. The number of rotatable bonds is 5. The van der Waals surface area contributed by atoms with Gasteiger partial charge in [-0.1, -0.05) is 54.1 Å². The molecule has 1 N–H and O–H groups in total. The van der Waals surface area contributed by atoms with Gasteiger partial charge in [-0.2, -0.15) is 13.5 Å². The smallest absolute Gasteiger partial charge is 0.200 e. The van der Waals surface area contributed by atoms with Crippen LogP contribution in [0.2, 0.25) is 0 Å². The molecule has 0 saturated carbocycles. The number of allylic oxidation sites excluding steroid dienone is 1. The predicted octanol–water partition coefficient (Wildman–Crippen LogP) is 2.97. The summed E-state index contributed by atoms with van der Waals surface area (Å²) in [6.07, 6.45) is 4.91. The lowest BCUT2D eigenvalue weighted by atomic mass is 10.2. The van der Waals surface area contributed by atoms with Gasteiger partial charge < -0.3 is 0 Å². The molecule has 0 fully saturated rings. The van der Waals surface area contributed by atoms with Crippen LogP contribution in [0.1, 0.15) is 11.1 Å². The Morgan fingerprint density at radius 3 is 2.33 bits per heavy atom. The Labute approximate surface area is 124 Å². The van der Waals surface area contributed by atoms with Crippen molar-refractivity contribution in [3.8, 4) is 0 Å². The van der Waals surface area contributed by atoms with Crippen LogP contribution in [0.5, 0.6) is 0 Å². The number of sulfonamides is 1. The van der Waals surface area contributed by atoms with E-state index in [1.54, 1.807) is 30.3 Å². The minimum Gasteiger partial charge on any atom is -0.200 e. The Hall–Kier alpha value is -2.40. The predicted molar refractivity (Wildman–Crippen MR) is 85.5 cm³/mol. The van der Waals surface area contributed by atoms with Crippen LogP contribution in [0.25, 0.3) is 6.08 Å². The fraction of sp³-hybridized carbons (Fsp3) is 0.0625. The molecule has 108 valence electrons. The van der Waals surface area contributed by atoms with Crippen LogP contribution >= 0.6 is 0 Å². The van der Waals surface area contributed by atoms with Crippen molar-refractivity contribution in [1.29, 1.82) is 0 Å². The molecule has 0 atom stereocenters. The van der Waals surface area contributed by atoms with E-state index < -0.39 is 10.0 Å². The van der Waals surface area contributed by atoms with E-state index in [4.69, 9.17) is 0 Å². The molecule has 0 aromatic heterocycles. The van der Waals surface area contributed by atoms with Crippen LogP contribution in [0, 0.1) is 6.92 Å². The van der Waals surface area contributed by atoms with E-state index in [9.17, 15) is 8.42 Å². The first-order valence-electron chi connectivity index (χ1n) is 6.41. The van der Waals surface area contributed by atoms with Crippen LogP contribution < -0.4 is 4.83 Å². The Morgan fingerprint density at radius 1 is 1.00 bits per heavy atom. The van der Waals surface area contributed by atoms with Crippen molar-refractivity contribution in [2.45, 2.75) is 11.8 Å². The number of hydrogen-bond donors (Lipinski definition) is 1. The van der Waals surface area contributed by atoms with Crippen LogP contribution in [-0.2, 0) is 10.0 Å². The second-order valence-electron chi connectivity index (χ2n) is 4.46. The number of hydrogen-bond acceptors (Lipinski definition) is 3. The highest BCUT2D eigenvalue weighted by Gasteiger charge is 2.11. The van der Waals surface area contributed by atoms with Crippen LogP contribution in [0.15, 0.2) is 70.7 Å². The molecule has 0 aliphatic heterocycles. The average Bonchev–Trinajstić information content (AvgIpc) is 2.48. The molecule has 0 heterocycles. The normalized spacial score (nSPS) is 12.0. The maximum atomic E-state index is 11.9. The van der Waals surface area contributed by atoms with E-state index in [1.165, 1.54) is 6.21 Å². The number of nitrogens with one attached hydrogen (secondary N) is 1. The van der Waals surface area contributed by atoms with Crippen molar-refractivity contribution >= 4 is 22.3 Å². The van der Waals surface area contributed by atoms with Gasteiger partial charge in [0.15, 0.2) is 0 Å². The molecule has 2 rings (SSSR count). The molecule has 4 nitrogen and oxygen atoms in total. The van der Waals surface area contributed by atoms with Crippen molar-refractivity contribution in [2.24, 2.45) is 5.10 Å². The fourth-order valence-corrected chi connectivity index (χ4v) is 2.43. The maximum absolute atomic E-state index is 11.9. The SMILES string of the molecule is Cc1ccc(S(=O)(=O)NN=C/C=C/c2ccccc2)cc1. The van der Waals surface area contributed by atoms with Gasteiger partial charge in [-0.15, -0.1) is 0 Å². The first kappa shape index (κ1) is 15.0. The molecule has 0 spiro atoms. The van der Waals surface area contributed by atoms with Crippen LogP contribution in [0.3, 0.4) is 0 Å². The monoisotopic (exact) mass is 300 g/mol. The standard InChI is InChI=1S/C16H16N2O2S/c1-14-9-11-16(12-10-14)21(19,20)18-17-13-5-8-15-6-3-2-4-7-15/h2-13,18H,1H3/b8-5+,17-13?. The quantitative estimate of drug-likeness (QED) is 0.681. The van der Waals surface area contributed by atoms with E-state index in [1.807, 2.05) is 43.3 Å². The van der Waals surface area contributed by atoms with Crippen molar-refractivity contribution in [3.05, 3.63) is 71.8 Å². The second kappa shape index (κ2) is 6.85. The van der Waals surface area contributed by atoms with Crippen LogP contribution in [-0.4, -0.2) is 14.6 Å². The minimum atomic E-state index is -3.60. The highest BCUT2D eigenvalue weighted by atomic mass is 32.2. The van der Waals surface area contributed by atoms with Crippen molar-refractivity contribution < 1.29 is 8.42 Å². The molecular formula is C16H16N2O2S. The van der Waals surface area contributed by atoms with Gasteiger partial charge in [0, 0.05) is 6.21 Å². The average molecular weight is 300 g/mol. The molecule has 2 aromatic rings. The Morgan fingerprint density at radius 2 is 1.67 bits per heavy atom. The van der Waals surface area contributed by atoms with Gasteiger partial charge in [0.05, 0.1) is 4.90 Å². The molecule has 0 aliphatic rings. The molecule has 0 amide bonds. The van der Waals surface area contributed by atoms with E-state index >= 15 is 0 Å². The Kier molecular flexibility index (Phi) is 4.90. The third-order valence-electron chi connectivity index (χ3n) is 2.75. The third-order valence-corrected chi connectivity index (χ3v) is 3.99. The summed E-state index contributed by atoms with van der Waals surface area (Å²) in [6, 6.07) is 16.3. The van der Waals surface area contributed by atoms with Gasteiger partial charge in [-0.25, -0.2) is 4.83 Å². The molecule has 0 radical (unpaired) electrons. The Bertz CT molecular complexity index is 734. The minimum absolute atomic E-state index is 0.192. The highest BCUT2D eigenvalue weighted by molar-refractivity contribution is 7.89. The summed E-state index contributed by atoms with van der Waals surface area (Å²) < 4.78 is 23.9. The van der Waals surface area contributed by atoms with Gasteiger partial charge in [0.1, 0.15) is 0 Å². The summed E-state index contributed by atoms with van der Waals surface area (Å²) in [7, 11) is -3.60. The third kappa shape index (κ3) is 4.57. The zero-order valence-corrected chi connectivity index (χ0v) is 12.4. The van der Waals surface area contributed by atoms with E-state index in [0.717, 1.165) is 11.1 Å². The summed E-state index contributed by atoms with van der Waals surface area (Å²) in [5, 5.41) is 3.71.